The molecular formula is C18H18N4O3. The summed E-state index contributed by atoms with van der Waals surface area (Å²) >= 11 is 0. The summed E-state index contributed by atoms with van der Waals surface area (Å²) in [6.07, 6.45) is 2.92. The Morgan fingerprint density at radius 3 is 3.00 bits per heavy atom. The number of ether oxygens (including phenoxy) is 1. The second-order valence-electron chi connectivity index (χ2n) is 6.01. The van der Waals surface area contributed by atoms with Gasteiger partial charge in [-0.15, -0.1) is 0 Å². The molecular weight excluding hydrogens is 320 g/mol. The number of likely N-dealkylation sites (N-methyl/N-ethyl adjacent to an activating group) is 1. The lowest BCUT2D eigenvalue weighted by atomic mass is 10.1. The van der Waals surface area contributed by atoms with Gasteiger partial charge in [0.2, 0.25) is 5.88 Å². The Labute approximate surface area is 144 Å². The van der Waals surface area contributed by atoms with Gasteiger partial charge < -0.3 is 9.84 Å². The molecule has 0 atom stereocenters. The summed E-state index contributed by atoms with van der Waals surface area (Å²) in [6, 6.07) is 7.08. The average molecular weight is 338 g/mol. The van der Waals surface area contributed by atoms with Crippen LogP contribution in [0.5, 0.6) is 11.6 Å². The maximum atomic E-state index is 11.2. The summed E-state index contributed by atoms with van der Waals surface area (Å²) in [5.41, 5.74) is 2.69. The fourth-order valence-corrected chi connectivity index (χ4v) is 3.20. The van der Waals surface area contributed by atoms with Gasteiger partial charge in [-0.2, -0.15) is 0 Å². The zero-order valence-electron chi connectivity index (χ0n) is 13.8. The first-order valence-corrected chi connectivity index (χ1v) is 8.23. The first kappa shape index (κ1) is 15.6. The number of fused-ring (bicyclic) bond motifs is 2. The van der Waals surface area contributed by atoms with E-state index >= 15 is 0 Å². The SMILES string of the molecule is CCN1CCc2c(ncnc2Oc2ccc3c(ccn3C(=O)O)c2)C1. The molecule has 0 fully saturated rings. The van der Waals surface area contributed by atoms with E-state index in [-0.39, 0.29) is 0 Å². The Hall–Kier alpha value is -2.93. The third kappa shape index (κ3) is 2.83. The molecule has 0 saturated heterocycles. The lowest BCUT2D eigenvalue weighted by Crippen LogP contribution is -2.31. The van der Waals surface area contributed by atoms with E-state index in [9.17, 15) is 4.79 Å². The summed E-state index contributed by atoms with van der Waals surface area (Å²) in [7, 11) is 0. The van der Waals surface area contributed by atoms with E-state index in [2.05, 4.69) is 21.8 Å². The van der Waals surface area contributed by atoms with Crippen LogP contribution < -0.4 is 4.74 Å². The number of carbonyl (C=O) groups is 1. The largest absolute Gasteiger partial charge is 0.464 e. The highest BCUT2D eigenvalue weighted by molar-refractivity contribution is 5.89. The van der Waals surface area contributed by atoms with E-state index in [0.29, 0.717) is 17.1 Å². The molecule has 1 N–H and O–H groups in total. The van der Waals surface area contributed by atoms with Crippen LogP contribution in [0.3, 0.4) is 0 Å². The van der Waals surface area contributed by atoms with Crippen LogP contribution >= 0.6 is 0 Å². The van der Waals surface area contributed by atoms with Crippen LogP contribution in [0, 0.1) is 0 Å². The average Bonchev–Trinajstić information content (AvgIpc) is 3.05. The monoisotopic (exact) mass is 338 g/mol. The predicted octanol–water partition coefficient (Wildman–Crippen LogP) is 3.13. The molecule has 0 unspecified atom stereocenters. The minimum Gasteiger partial charge on any atom is -0.464 e. The third-order valence-corrected chi connectivity index (χ3v) is 4.58. The standard InChI is InChI=1S/C18H18N4O3/c1-2-21-7-6-14-15(10-21)19-11-20-17(14)25-13-3-4-16-12(9-13)5-8-22(16)18(23)24/h3-5,8-9,11H,2,6-7,10H2,1H3,(H,23,24). The van der Waals surface area contributed by atoms with Crippen molar-refractivity contribution in [3.63, 3.8) is 0 Å². The molecule has 1 aliphatic heterocycles. The minimum atomic E-state index is -1.01. The summed E-state index contributed by atoms with van der Waals surface area (Å²) in [6.45, 7) is 4.91. The van der Waals surface area contributed by atoms with Crippen LogP contribution in [0.25, 0.3) is 10.9 Å². The topological polar surface area (TPSA) is 80.5 Å². The second-order valence-corrected chi connectivity index (χ2v) is 6.01. The molecule has 2 aromatic heterocycles. The molecule has 1 aromatic carbocycles. The van der Waals surface area contributed by atoms with E-state index in [4.69, 9.17) is 9.84 Å². The van der Waals surface area contributed by atoms with Crippen LogP contribution in [-0.4, -0.2) is 43.7 Å². The van der Waals surface area contributed by atoms with Crippen LogP contribution in [0.1, 0.15) is 18.2 Å². The molecule has 7 heteroatoms. The number of hydrogen-bond donors (Lipinski definition) is 1. The van der Waals surface area contributed by atoms with E-state index in [0.717, 1.165) is 42.7 Å². The van der Waals surface area contributed by atoms with Gasteiger partial charge in [0.25, 0.3) is 0 Å². The number of carboxylic acid groups (broad SMARTS) is 1. The van der Waals surface area contributed by atoms with E-state index in [1.165, 1.54) is 17.1 Å². The zero-order valence-corrected chi connectivity index (χ0v) is 13.8. The number of benzene rings is 1. The second kappa shape index (κ2) is 6.18. The van der Waals surface area contributed by atoms with Gasteiger partial charge in [0.1, 0.15) is 12.1 Å². The van der Waals surface area contributed by atoms with E-state index in [1.54, 1.807) is 18.2 Å². The molecule has 0 bridgehead atoms. The molecule has 4 rings (SSSR count). The van der Waals surface area contributed by atoms with E-state index in [1.807, 2.05) is 6.07 Å². The van der Waals surface area contributed by atoms with Crippen molar-refractivity contribution in [2.24, 2.45) is 0 Å². The molecule has 128 valence electrons. The normalized spacial score (nSPS) is 14.4. The molecule has 0 aliphatic carbocycles. The minimum absolute atomic E-state index is 0.581. The van der Waals surface area contributed by atoms with Crippen LogP contribution in [-0.2, 0) is 13.0 Å². The Bertz CT molecular complexity index is 951. The first-order chi connectivity index (χ1) is 12.2. The van der Waals surface area contributed by atoms with Gasteiger partial charge in [-0.05, 0) is 37.2 Å². The van der Waals surface area contributed by atoms with Gasteiger partial charge in [0.15, 0.2) is 0 Å². The van der Waals surface area contributed by atoms with Crippen molar-refractivity contribution in [2.45, 2.75) is 19.9 Å². The number of nitrogens with zero attached hydrogens (tertiary/aromatic N) is 4. The quantitative estimate of drug-likeness (QED) is 0.790. The Morgan fingerprint density at radius 1 is 1.32 bits per heavy atom. The lowest BCUT2D eigenvalue weighted by Gasteiger charge is -2.27. The molecule has 7 nitrogen and oxygen atoms in total. The summed E-state index contributed by atoms with van der Waals surface area (Å²) in [5, 5.41) is 9.97. The van der Waals surface area contributed by atoms with Gasteiger partial charge >= 0.3 is 6.09 Å². The molecule has 0 radical (unpaired) electrons. The van der Waals surface area contributed by atoms with E-state index < -0.39 is 6.09 Å². The Kier molecular flexibility index (Phi) is 3.85. The molecule has 0 spiro atoms. The number of rotatable bonds is 3. The molecule has 1 aliphatic rings. The molecule has 0 saturated carbocycles. The van der Waals surface area contributed by atoms with Crippen molar-refractivity contribution < 1.29 is 14.6 Å². The molecule has 25 heavy (non-hydrogen) atoms. The molecule has 3 heterocycles. The lowest BCUT2D eigenvalue weighted by molar-refractivity contribution is 0.197. The van der Waals surface area contributed by atoms with Gasteiger partial charge in [-0.25, -0.2) is 14.8 Å². The summed E-state index contributed by atoms with van der Waals surface area (Å²) < 4.78 is 7.18. The van der Waals surface area contributed by atoms with Crippen LogP contribution in [0.4, 0.5) is 4.79 Å². The smallest absolute Gasteiger partial charge is 0.415 e. The van der Waals surface area contributed by atoms with Crippen LogP contribution in [0.2, 0.25) is 0 Å². The summed E-state index contributed by atoms with van der Waals surface area (Å²) in [5.74, 6) is 1.22. The number of aromatic nitrogens is 3. The van der Waals surface area contributed by atoms with Crippen molar-refractivity contribution >= 4 is 17.0 Å². The fourth-order valence-electron chi connectivity index (χ4n) is 3.20. The number of hydrogen-bond acceptors (Lipinski definition) is 5. The molecule has 3 aromatic rings. The highest BCUT2D eigenvalue weighted by Crippen LogP contribution is 2.30. The van der Waals surface area contributed by atoms with Crippen molar-refractivity contribution in [2.75, 3.05) is 13.1 Å². The zero-order chi connectivity index (χ0) is 17.4. The first-order valence-electron chi connectivity index (χ1n) is 8.23. The summed E-state index contributed by atoms with van der Waals surface area (Å²) in [4.78, 5) is 22.2. The van der Waals surface area contributed by atoms with Gasteiger partial charge in [0, 0.05) is 30.2 Å². The fraction of sp³-hybridized carbons (Fsp3) is 0.278. The van der Waals surface area contributed by atoms with Crippen molar-refractivity contribution in [1.82, 2.24) is 19.4 Å². The van der Waals surface area contributed by atoms with Crippen LogP contribution in [0.15, 0.2) is 36.8 Å². The third-order valence-electron chi connectivity index (χ3n) is 4.58. The predicted molar refractivity (Wildman–Crippen MR) is 92.1 cm³/mol. The highest BCUT2D eigenvalue weighted by atomic mass is 16.5. The highest BCUT2D eigenvalue weighted by Gasteiger charge is 2.21. The van der Waals surface area contributed by atoms with Gasteiger partial charge in [-0.1, -0.05) is 6.92 Å². The Morgan fingerprint density at radius 2 is 2.20 bits per heavy atom. The molecule has 0 amide bonds. The Balaban J connectivity index is 1.65. The maximum Gasteiger partial charge on any atom is 0.415 e. The maximum absolute atomic E-state index is 11.2. The van der Waals surface area contributed by atoms with Gasteiger partial charge in [0.05, 0.1) is 11.2 Å². The van der Waals surface area contributed by atoms with Gasteiger partial charge in [-0.3, -0.25) is 9.47 Å². The van der Waals surface area contributed by atoms with Crippen molar-refractivity contribution in [1.29, 1.82) is 0 Å². The van der Waals surface area contributed by atoms with Crippen molar-refractivity contribution in [3.8, 4) is 11.6 Å². The van der Waals surface area contributed by atoms with Crippen molar-refractivity contribution in [3.05, 3.63) is 48.0 Å².